The van der Waals surface area contributed by atoms with Crippen LogP contribution in [-0.2, 0) is 0 Å². The molecular formula is C14H8N2O4. The van der Waals surface area contributed by atoms with Gasteiger partial charge in [0.2, 0.25) is 10.9 Å². The van der Waals surface area contributed by atoms with Crippen LogP contribution < -0.4 is 10.9 Å². The second-order valence-electron chi connectivity index (χ2n) is 4.50. The summed E-state index contributed by atoms with van der Waals surface area (Å²) in [5.41, 5.74) is -0.232. The summed E-state index contributed by atoms with van der Waals surface area (Å²) in [6.45, 7) is 0. The van der Waals surface area contributed by atoms with Crippen molar-refractivity contribution in [3.63, 3.8) is 0 Å². The number of hydrogen-bond acceptors (Lipinski definition) is 4. The van der Waals surface area contributed by atoms with E-state index < -0.39 is 5.43 Å². The fourth-order valence-electron chi connectivity index (χ4n) is 2.48. The lowest BCUT2D eigenvalue weighted by atomic mass is 10.1. The van der Waals surface area contributed by atoms with E-state index in [1.54, 1.807) is 30.3 Å². The number of nitrogens with one attached hydrogen (secondary N) is 1. The van der Waals surface area contributed by atoms with Crippen molar-refractivity contribution in [3.05, 3.63) is 67.7 Å². The van der Waals surface area contributed by atoms with Crippen LogP contribution in [0.4, 0.5) is 0 Å². The quantitative estimate of drug-likeness (QED) is 0.472. The maximum absolute atomic E-state index is 12.4. The molecule has 1 aromatic heterocycles. The smallest absolute Gasteiger partial charge is 0.257 e. The molecule has 0 radical (unpaired) electrons. The van der Waals surface area contributed by atoms with E-state index in [-0.39, 0.29) is 27.2 Å². The van der Waals surface area contributed by atoms with Crippen LogP contribution in [0.15, 0.2) is 50.6 Å². The van der Waals surface area contributed by atoms with Crippen molar-refractivity contribution in [1.82, 2.24) is 9.71 Å². The predicted molar refractivity (Wildman–Crippen MR) is 71.1 cm³/mol. The number of H-pyrrole nitrogens is 1. The summed E-state index contributed by atoms with van der Waals surface area (Å²) in [5, 5.41) is 10.7. The molecule has 0 bridgehead atoms. The lowest BCUT2D eigenvalue weighted by molar-refractivity contribution is 0.177. The molecule has 1 aromatic carbocycles. The van der Waals surface area contributed by atoms with E-state index >= 15 is 0 Å². The number of nitrogens with zero attached hydrogens (tertiary/aromatic N) is 1. The first-order chi connectivity index (χ1) is 9.68. The average Bonchev–Trinajstić information content (AvgIpc) is 2.93. The van der Waals surface area contributed by atoms with Gasteiger partial charge in [0, 0.05) is 16.8 Å². The van der Waals surface area contributed by atoms with Crippen molar-refractivity contribution in [2.24, 2.45) is 0 Å². The van der Waals surface area contributed by atoms with E-state index in [4.69, 9.17) is 4.42 Å². The van der Waals surface area contributed by atoms with E-state index in [1.165, 1.54) is 6.26 Å². The molecule has 2 heterocycles. The highest BCUT2D eigenvalue weighted by atomic mass is 16.5. The lowest BCUT2D eigenvalue weighted by Crippen LogP contribution is -2.21. The SMILES string of the molecule is O=c1c2[nH]c3ccoc3n(O)c=2c(=O)c2ccccc12. The molecule has 2 N–H and O–H groups in total. The zero-order valence-corrected chi connectivity index (χ0v) is 10.1. The monoisotopic (exact) mass is 268 g/mol. The number of aromatic nitrogens is 2. The molecule has 0 spiro atoms. The number of rotatable bonds is 0. The zero-order chi connectivity index (χ0) is 13.9. The topological polar surface area (TPSA) is 88.2 Å². The molecule has 6 nitrogen and oxygen atoms in total. The summed E-state index contributed by atoms with van der Waals surface area (Å²) in [4.78, 5) is 27.7. The van der Waals surface area contributed by atoms with E-state index in [2.05, 4.69) is 4.98 Å². The molecule has 0 saturated heterocycles. The third kappa shape index (κ3) is 1.17. The van der Waals surface area contributed by atoms with Gasteiger partial charge in [-0.15, -0.1) is 4.73 Å². The largest absolute Gasteiger partial charge is 0.444 e. The van der Waals surface area contributed by atoms with E-state index in [0.29, 0.717) is 15.6 Å². The van der Waals surface area contributed by atoms with E-state index in [9.17, 15) is 14.8 Å². The van der Waals surface area contributed by atoms with Gasteiger partial charge in [-0.3, -0.25) is 9.59 Å². The van der Waals surface area contributed by atoms with Crippen molar-refractivity contribution in [2.75, 3.05) is 0 Å². The summed E-state index contributed by atoms with van der Waals surface area (Å²) in [6, 6.07) is 8.09. The third-order valence-electron chi connectivity index (χ3n) is 3.40. The molecule has 1 aliphatic carbocycles. The molecule has 0 fully saturated rings. The first-order valence-electron chi connectivity index (χ1n) is 5.94. The molecule has 0 saturated carbocycles. The summed E-state index contributed by atoms with van der Waals surface area (Å²) >= 11 is 0. The van der Waals surface area contributed by atoms with Crippen LogP contribution in [0.25, 0.3) is 22.0 Å². The molecular weight excluding hydrogens is 260 g/mol. The zero-order valence-electron chi connectivity index (χ0n) is 10.1. The normalized spacial score (nSPS) is 11.6. The minimum atomic E-state index is -0.424. The Morgan fingerprint density at radius 3 is 2.50 bits per heavy atom. The maximum Gasteiger partial charge on any atom is 0.257 e. The van der Waals surface area contributed by atoms with Crippen LogP contribution >= 0.6 is 0 Å². The van der Waals surface area contributed by atoms with E-state index in [0.717, 1.165) is 0 Å². The van der Waals surface area contributed by atoms with Crippen LogP contribution in [-0.4, -0.2) is 14.9 Å². The van der Waals surface area contributed by atoms with Gasteiger partial charge in [0.15, 0.2) is 5.35 Å². The van der Waals surface area contributed by atoms with Gasteiger partial charge >= 0.3 is 0 Å². The molecule has 20 heavy (non-hydrogen) atoms. The molecule has 1 aliphatic heterocycles. The Balaban J connectivity index is 2.53. The number of aromatic amines is 1. The van der Waals surface area contributed by atoms with Crippen molar-refractivity contribution < 1.29 is 9.62 Å². The van der Waals surface area contributed by atoms with Crippen LogP contribution in [0.3, 0.4) is 0 Å². The van der Waals surface area contributed by atoms with Crippen LogP contribution in [0.1, 0.15) is 0 Å². The van der Waals surface area contributed by atoms with Crippen LogP contribution in [0, 0.1) is 10.7 Å². The van der Waals surface area contributed by atoms with Gasteiger partial charge < -0.3 is 14.6 Å². The second-order valence-corrected chi connectivity index (χ2v) is 4.50. The molecule has 0 amide bonds. The first kappa shape index (κ1) is 10.9. The lowest BCUT2D eigenvalue weighted by Gasteiger charge is -2.03. The number of fused-ring (bicyclic) bond motifs is 2. The Kier molecular flexibility index (Phi) is 1.90. The van der Waals surface area contributed by atoms with Crippen LogP contribution in [0.5, 0.6) is 0 Å². The van der Waals surface area contributed by atoms with Crippen LogP contribution in [0.2, 0.25) is 0 Å². The minimum Gasteiger partial charge on any atom is -0.444 e. The third-order valence-corrected chi connectivity index (χ3v) is 3.40. The maximum atomic E-state index is 12.4. The summed E-state index contributed by atoms with van der Waals surface area (Å²) in [5.74, 6) is 0. The predicted octanol–water partition coefficient (Wildman–Crippen LogP) is 1.40. The fourth-order valence-corrected chi connectivity index (χ4v) is 2.48. The standard InChI is InChI=1S/C14H8N2O4/c17-12-7-3-1-2-4-8(7)13(18)11-10(12)15-9-5-6-20-14(9)16(11)19/h1-6,15,19H. The number of furan rings is 1. The highest BCUT2D eigenvalue weighted by molar-refractivity contribution is 5.82. The molecule has 6 heteroatoms. The molecule has 0 unspecified atom stereocenters. The number of hydrogen-bond donors (Lipinski definition) is 2. The van der Waals surface area contributed by atoms with Crippen molar-refractivity contribution >= 4 is 22.0 Å². The molecule has 2 aromatic rings. The van der Waals surface area contributed by atoms with Crippen molar-refractivity contribution in [1.29, 1.82) is 0 Å². The van der Waals surface area contributed by atoms with Gasteiger partial charge in [-0.05, 0) is 0 Å². The highest BCUT2D eigenvalue weighted by Crippen LogP contribution is 2.12. The summed E-state index contributed by atoms with van der Waals surface area (Å²) in [6.07, 6.45) is 1.36. The Labute approximate surface area is 110 Å². The average molecular weight is 268 g/mol. The Morgan fingerprint density at radius 1 is 1.05 bits per heavy atom. The molecule has 4 rings (SSSR count). The number of benzene rings is 1. The molecule has 2 aliphatic rings. The summed E-state index contributed by atoms with van der Waals surface area (Å²) < 4.78 is 5.73. The minimum absolute atomic E-state index is 0.0603. The van der Waals surface area contributed by atoms with Gasteiger partial charge in [-0.25, -0.2) is 0 Å². The van der Waals surface area contributed by atoms with Crippen molar-refractivity contribution in [3.8, 4) is 0 Å². The van der Waals surface area contributed by atoms with Gasteiger partial charge in [0.25, 0.3) is 5.71 Å². The Bertz CT molecular complexity index is 1150. The van der Waals surface area contributed by atoms with Gasteiger partial charge in [-0.2, -0.15) is 0 Å². The Hall–Kier alpha value is -3.02. The highest BCUT2D eigenvalue weighted by Gasteiger charge is 2.13. The second kappa shape index (κ2) is 3.51. The Morgan fingerprint density at radius 2 is 1.75 bits per heavy atom. The van der Waals surface area contributed by atoms with Crippen molar-refractivity contribution in [2.45, 2.75) is 0 Å². The van der Waals surface area contributed by atoms with E-state index in [1.807, 2.05) is 0 Å². The van der Waals surface area contributed by atoms with Gasteiger partial charge in [-0.1, -0.05) is 24.3 Å². The van der Waals surface area contributed by atoms with Gasteiger partial charge in [0.05, 0.1) is 6.26 Å². The fraction of sp³-hybridized carbons (Fsp3) is 0. The summed E-state index contributed by atoms with van der Waals surface area (Å²) in [7, 11) is 0. The molecule has 98 valence electrons. The van der Waals surface area contributed by atoms with Gasteiger partial charge in [0.1, 0.15) is 10.9 Å². The molecule has 0 atom stereocenters. The first-order valence-corrected chi connectivity index (χ1v) is 5.94.